The van der Waals surface area contributed by atoms with Gasteiger partial charge in [0.2, 0.25) is 18.2 Å². The Hall–Kier alpha value is -2.64. The van der Waals surface area contributed by atoms with Crippen molar-refractivity contribution in [2.75, 3.05) is 26.9 Å². The summed E-state index contributed by atoms with van der Waals surface area (Å²) in [5.74, 6) is 3.32. The molecule has 4 saturated carbocycles. The molecule has 0 radical (unpaired) electrons. The molecule has 1 unspecified atom stereocenters. The smallest absolute Gasteiger partial charge is 0.449 e. The minimum Gasteiger partial charge on any atom is -0.449 e. The van der Waals surface area contributed by atoms with Crippen LogP contribution in [0.2, 0.25) is 0 Å². The number of methoxy groups -OCH3 is 1. The topological polar surface area (TPSA) is 174 Å². The van der Waals surface area contributed by atoms with Crippen molar-refractivity contribution in [2.45, 2.75) is 201 Å². The van der Waals surface area contributed by atoms with E-state index in [0.29, 0.717) is 18.7 Å². The van der Waals surface area contributed by atoms with E-state index >= 15 is 0 Å². The van der Waals surface area contributed by atoms with Crippen molar-refractivity contribution >= 4 is 24.1 Å². The Morgan fingerprint density at radius 3 is 1.33 bits per heavy atom. The Kier molecular flexibility index (Phi) is 21.6. The zero-order chi connectivity index (χ0) is 42.7. The summed E-state index contributed by atoms with van der Waals surface area (Å²) in [5.41, 5.74) is -0.374. The highest BCUT2D eigenvalue weighted by Crippen LogP contribution is 2.37. The van der Waals surface area contributed by atoms with Crippen LogP contribution in [0.5, 0.6) is 0 Å². The van der Waals surface area contributed by atoms with Crippen molar-refractivity contribution in [3.8, 4) is 0 Å². The Bertz CT molecular complexity index is 1220. The van der Waals surface area contributed by atoms with Crippen molar-refractivity contribution in [3.05, 3.63) is 0 Å². The monoisotopic (exact) mass is 823 g/mol. The lowest BCUT2D eigenvalue weighted by Gasteiger charge is -2.35. The highest BCUT2D eigenvalue weighted by atomic mass is 16.7. The van der Waals surface area contributed by atoms with E-state index in [1.54, 1.807) is 13.8 Å². The molecule has 0 heterocycles. The first-order valence-electron chi connectivity index (χ1n) is 22.7. The van der Waals surface area contributed by atoms with Crippen LogP contribution >= 0.6 is 0 Å². The Morgan fingerprint density at radius 2 is 0.948 bits per heavy atom. The standard InChI is InChI=1S/C23H42N2O6.C22H40N2O3/c1-16(26)24-19-9-5-17(6-10-19)13-18-7-11-20(12-8-18)25-21(27)30-14-23(2,3)15-31-22(28)29-4;1-5-22(3,4)15-27-21(26)24-20-12-8-18(9-13-20)14-17-6-10-19(11-7-17)23-16(2)25/h17-21,25,27H,5-15H2,1-4H3,(H,24,26);17-20H,5-15H2,1-4H3,(H,23,25)(H,24,26). The van der Waals surface area contributed by atoms with Crippen molar-refractivity contribution in [2.24, 2.45) is 34.5 Å². The molecule has 13 nitrogen and oxygen atoms in total. The third-order valence-corrected chi connectivity index (χ3v) is 13.2. The van der Waals surface area contributed by atoms with Gasteiger partial charge in [0.25, 0.3) is 0 Å². The molecule has 0 bridgehead atoms. The maximum atomic E-state index is 12.0. The van der Waals surface area contributed by atoms with Crippen LogP contribution in [-0.4, -0.2) is 86.7 Å². The summed E-state index contributed by atoms with van der Waals surface area (Å²) in [6.07, 6.45) is 19.9. The number of amides is 3. The number of ether oxygens (including phenoxy) is 4. The lowest BCUT2D eigenvalue weighted by molar-refractivity contribution is -0.151. The molecule has 4 aliphatic rings. The molecule has 5 N–H and O–H groups in total. The second kappa shape index (κ2) is 25.2. The van der Waals surface area contributed by atoms with Crippen molar-refractivity contribution in [3.63, 3.8) is 0 Å². The van der Waals surface area contributed by atoms with Crippen LogP contribution in [0.3, 0.4) is 0 Å². The van der Waals surface area contributed by atoms with Gasteiger partial charge in [0.05, 0.1) is 20.3 Å². The molecule has 3 amide bonds. The van der Waals surface area contributed by atoms with Crippen LogP contribution < -0.4 is 21.3 Å². The molecule has 0 aliphatic heterocycles. The van der Waals surface area contributed by atoms with Crippen LogP contribution in [0.1, 0.15) is 170 Å². The summed E-state index contributed by atoms with van der Waals surface area (Å²) in [4.78, 5) is 45.5. The number of alkyl carbamates (subject to hydrolysis) is 1. The van der Waals surface area contributed by atoms with Crippen LogP contribution in [0.15, 0.2) is 0 Å². The zero-order valence-corrected chi connectivity index (χ0v) is 37.5. The van der Waals surface area contributed by atoms with Gasteiger partial charge in [-0.05, 0) is 151 Å². The van der Waals surface area contributed by atoms with E-state index in [4.69, 9.17) is 14.2 Å². The minimum atomic E-state index is -1.02. The molecule has 0 spiro atoms. The summed E-state index contributed by atoms with van der Waals surface area (Å²) in [6.45, 7) is 14.3. The van der Waals surface area contributed by atoms with Crippen LogP contribution in [0, 0.1) is 34.5 Å². The molecule has 0 aromatic heterocycles. The van der Waals surface area contributed by atoms with E-state index < -0.39 is 18.0 Å². The van der Waals surface area contributed by atoms with E-state index in [1.165, 1.54) is 71.3 Å². The van der Waals surface area contributed by atoms with Crippen LogP contribution in [-0.2, 0) is 28.5 Å². The lowest BCUT2D eigenvalue weighted by atomic mass is 9.75. The van der Waals surface area contributed by atoms with E-state index in [1.807, 2.05) is 13.8 Å². The van der Waals surface area contributed by atoms with Gasteiger partial charge in [-0.25, -0.2) is 9.59 Å². The molecule has 4 rings (SSSR count). The van der Waals surface area contributed by atoms with Gasteiger partial charge in [0.15, 0.2) is 0 Å². The number of rotatable bonds is 17. The fourth-order valence-electron chi connectivity index (χ4n) is 9.19. The number of carbonyl (C=O) groups excluding carboxylic acids is 4. The van der Waals surface area contributed by atoms with Gasteiger partial charge in [0.1, 0.15) is 6.61 Å². The summed E-state index contributed by atoms with van der Waals surface area (Å²) < 4.78 is 20.4. The van der Waals surface area contributed by atoms with Crippen molar-refractivity contribution in [1.82, 2.24) is 21.3 Å². The van der Waals surface area contributed by atoms with E-state index in [2.05, 4.69) is 46.8 Å². The third-order valence-electron chi connectivity index (χ3n) is 13.2. The minimum absolute atomic E-state index is 0.0495. The molecular formula is C45H82N4O9. The fraction of sp³-hybridized carbons (Fsp3) is 0.911. The number of nitrogens with one attached hydrogen (secondary N) is 4. The molecule has 0 saturated heterocycles. The second-order valence-electron chi connectivity index (χ2n) is 19.7. The van der Waals surface area contributed by atoms with Gasteiger partial charge in [-0.2, -0.15) is 0 Å². The molecule has 0 aromatic rings. The summed E-state index contributed by atoms with van der Waals surface area (Å²) in [7, 11) is 1.27. The summed E-state index contributed by atoms with van der Waals surface area (Å²) >= 11 is 0. The van der Waals surface area contributed by atoms with E-state index in [9.17, 15) is 24.3 Å². The summed E-state index contributed by atoms with van der Waals surface area (Å²) in [6, 6.07) is 1.29. The van der Waals surface area contributed by atoms with Gasteiger partial charge >= 0.3 is 12.2 Å². The van der Waals surface area contributed by atoms with Gasteiger partial charge in [0, 0.05) is 43.4 Å². The number of aliphatic hydroxyl groups excluding tert-OH is 1. The predicted molar refractivity (Wildman–Crippen MR) is 226 cm³/mol. The molecule has 58 heavy (non-hydrogen) atoms. The van der Waals surface area contributed by atoms with E-state index in [0.717, 1.165) is 81.5 Å². The highest BCUT2D eigenvalue weighted by molar-refractivity contribution is 5.73. The average Bonchev–Trinajstić information content (AvgIpc) is 3.18. The van der Waals surface area contributed by atoms with Crippen LogP contribution in [0.25, 0.3) is 0 Å². The van der Waals surface area contributed by atoms with Crippen LogP contribution in [0.4, 0.5) is 9.59 Å². The molecular weight excluding hydrogens is 741 g/mol. The van der Waals surface area contributed by atoms with Gasteiger partial charge in [-0.15, -0.1) is 0 Å². The van der Waals surface area contributed by atoms with Gasteiger partial charge < -0.3 is 40.0 Å². The SMILES string of the molecule is CCC(C)(C)COC(=O)NC1CCC(CC2CCC(NC(C)=O)CC2)CC1.COC(=O)OCC(C)(C)COC(O)NC1CCC(CC2CCC(NC(C)=O)CC2)CC1. The molecule has 1 atom stereocenters. The summed E-state index contributed by atoms with van der Waals surface area (Å²) in [5, 5.41) is 22.6. The van der Waals surface area contributed by atoms with Crippen molar-refractivity contribution < 1.29 is 43.2 Å². The molecule has 13 heteroatoms. The normalized spacial score (nSPS) is 28.4. The van der Waals surface area contributed by atoms with Crippen molar-refractivity contribution in [1.29, 1.82) is 0 Å². The number of aliphatic hydroxyl groups is 1. The highest BCUT2D eigenvalue weighted by Gasteiger charge is 2.30. The predicted octanol–water partition coefficient (Wildman–Crippen LogP) is 8.11. The molecule has 0 aromatic carbocycles. The Balaban J connectivity index is 0.000000313. The number of hydrogen-bond donors (Lipinski definition) is 5. The van der Waals surface area contributed by atoms with E-state index in [-0.39, 0.29) is 48.6 Å². The first kappa shape index (κ1) is 49.7. The first-order valence-corrected chi connectivity index (χ1v) is 22.7. The third kappa shape index (κ3) is 20.6. The lowest BCUT2D eigenvalue weighted by Crippen LogP contribution is -2.43. The Morgan fingerprint density at radius 1 is 0.569 bits per heavy atom. The van der Waals surface area contributed by atoms with Gasteiger partial charge in [-0.1, -0.05) is 34.6 Å². The first-order chi connectivity index (χ1) is 27.4. The molecule has 336 valence electrons. The molecule has 4 fully saturated rings. The van der Waals surface area contributed by atoms with Gasteiger partial charge in [-0.3, -0.25) is 14.9 Å². The fourth-order valence-corrected chi connectivity index (χ4v) is 9.19. The number of hydrogen-bond acceptors (Lipinski definition) is 10. The maximum Gasteiger partial charge on any atom is 0.507 e. The Labute approximate surface area is 350 Å². The largest absolute Gasteiger partial charge is 0.507 e. The average molecular weight is 823 g/mol. The second-order valence-corrected chi connectivity index (χ2v) is 19.7. The maximum absolute atomic E-state index is 12.0. The number of carbonyl (C=O) groups is 4. The quantitative estimate of drug-likeness (QED) is 0.0713. The molecule has 4 aliphatic carbocycles. The zero-order valence-electron chi connectivity index (χ0n) is 37.5.